The van der Waals surface area contributed by atoms with Crippen LogP contribution in [0.15, 0.2) is 0 Å². The number of aliphatic hydroxyl groups is 1. The number of nitrogens with zero attached hydrogens (tertiary/aromatic N) is 5. The van der Waals surface area contributed by atoms with E-state index in [4.69, 9.17) is 5.11 Å². The molecular weight excluding hydrogens is 230 g/mol. The SMILES string of the molecule is Cc1nc(N(C)CCCO)c2c(C)nn(C)c2n1. The van der Waals surface area contributed by atoms with Crippen LogP contribution in [0.4, 0.5) is 5.82 Å². The van der Waals surface area contributed by atoms with Crippen molar-refractivity contribution >= 4 is 16.9 Å². The van der Waals surface area contributed by atoms with E-state index in [1.54, 1.807) is 4.68 Å². The average molecular weight is 249 g/mol. The molecule has 0 aliphatic carbocycles. The molecular formula is C12H19N5O. The van der Waals surface area contributed by atoms with Crippen molar-refractivity contribution in [2.75, 3.05) is 25.1 Å². The lowest BCUT2D eigenvalue weighted by molar-refractivity contribution is 0.290. The van der Waals surface area contributed by atoms with Crippen molar-refractivity contribution in [1.29, 1.82) is 0 Å². The van der Waals surface area contributed by atoms with Crippen LogP contribution < -0.4 is 4.90 Å². The summed E-state index contributed by atoms with van der Waals surface area (Å²) >= 11 is 0. The van der Waals surface area contributed by atoms with Gasteiger partial charge in [-0.1, -0.05) is 0 Å². The Morgan fingerprint density at radius 1 is 1.28 bits per heavy atom. The number of fused-ring (bicyclic) bond motifs is 1. The molecule has 0 atom stereocenters. The van der Waals surface area contributed by atoms with Gasteiger partial charge in [0.15, 0.2) is 5.65 Å². The average Bonchev–Trinajstić information content (AvgIpc) is 2.61. The van der Waals surface area contributed by atoms with Gasteiger partial charge in [0, 0.05) is 27.2 Å². The van der Waals surface area contributed by atoms with E-state index in [1.807, 2.05) is 32.8 Å². The van der Waals surface area contributed by atoms with Crippen molar-refractivity contribution in [3.8, 4) is 0 Å². The number of aryl methyl sites for hydroxylation is 3. The Kier molecular flexibility index (Phi) is 3.47. The van der Waals surface area contributed by atoms with Crippen LogP contribution in [0.25, 0.3) is 11.0 Å². The molecule has 0 aliphatic rings. The van der Waals surface area contributed by atoms with Gasteiger partial charge in [-0.15, -0.1) is 0 Å². The van der Waals surface area contributed by atoms with E-state index in [1.165, 1.54) is 0 Å². The fraction of sp³-hybridized carbons (Fsp3) is 0.583. The molecule has 0 aliphatic heterocycles. The number of hydrogen-bond acceptors (Lipinski definition) is 5. The molecule has 2 heterocycles. The lowest BCUT2D eigenvalue weighted by Crippen LogP contribution is -2.21. The quantitative estimate of drug-likeness (QED) is 0.868. The van der Waals surface area contributed by atoms with E-state index in [2.05, 4.69) is 15.1 Å². The minimum absolute atomic E-state index is 0.184. The highest BCUT2D eigenvalue weighted by Gasteiger charge is 2.16. The summed E-state index contributed by atoms with van der Waals surface area (Å²) in [4.78, 5) is 11.0. The summed E-state index contributed by atoms with van der Waals surface area (Å²) in [6.07, 6.45) is 0.723. The molecule has 2 rings (SSSR count). The summed E-state index contributed by atoms with van der Waals surface area (Å²) < 4.78 is 1.78. The highest BCUT2D eigenvalue weighted by Crippen LogP contribution is 2.25. The van der Waals surface area contributed by atoms with Gasteiger partial charge in [0.05, 0.1) is 11.1 Å². The van der Waals surface area contributed by atoms with Crippen molar-refractivity contribution in [1.82, 2.24) is 19.7 Å². The Morgan fingerprint density at radius 3 is 2.67 bits per heavy atom. The third-order valence-corrected chi connectivity index (χ3v) is 2.96. The fourth-order valence-electron chi connectivity index (χ4n) is 2.11. The van der Waals surface area contributed by atoms with E-state index in [9.17, 15) is 0 Å². The maximum absolute atomic E-state index is 8.91. The van der Waals surface area contributed by atoms with Gasteiger partial charge in [-0.25, -0.2) is 9.97 Å². The third-order valence-electron chi connectivity index (χ3n) is 2.96. The molecule has 1 N–H and O–H groups in total. The highest BCUT2D eigenvalue weighted by molar-refractivity contribution is 5.89. The zero-order valence-corrected chi connectivity index (χ0v) is 11.3. The Labute approximate surface area is 106 Å². The van der Waals surface area contributed by atoms with E-state index in [-0.39, 0.29) is 6.61 Å². The van der Waals surface area contributed by atoms with Crippen LogP contribution in [0.2, 0.25) is 0 Å². The maximum atomic E-state index is 8.91. The van der Waals surface area contributed by atoms with Crippen LogP contribution in [-0.4, -0.2) is 45.1 Å². The molecule has 0 amide bonds. The zero-order valence-electron chi connectivity index (χ0n) is 11.3. The minimum Gasteiger partial charge on any atom is -0.396 e. The summed E-state index contributed by atoms with van der Waals surface area (Å²) in [6.45, 7) is 4.79. The van der Waals surface area contributed by atoms with Crippen LogP contribution in [0, 0.1) is 13.8 Å². The smallest absolute Gasteiger partial charge is 0.163 e. The first-order chi connectivity index (χ1) is 8.54. The van der Waals surface area contributed by atoms with Crippen LogP contribution in [0.1, 0.15) is 17.9 Å². The van der Waals surface area contributed by atoms with Crippen LogP contribution in [-0.2, 0) is 7.05 Å². The van der Waals surface area contributed by atoms with Crippen molar-refractivity contribution in [3.63, 3.8) is 0 Å². The van der Waals surface area contributed by atoms with Gasteiger partial charge in [-0.2, -0.15) is 5.10 Å². The topological polar surface area (TPSA) is 67.1 Å². The molecule has 0 fully saturated rings. The second-order valence-electron chi connectivity index (χ2n) is 4.50. The number of rotatable bonds is 4. The first-order valence-electron chi connectivity index (χ1n) is 6.04. The predicted molar refractivity (Wildman–Crippen MR) is 70.8 cm³/mol. The van der Waals surface area contributed by atoms with Gasteiger partial charge < -0.3 is 10.0 Å². The maximum Gasteiger partial charge on any atom is 0.163 e. The number of aromatic nitrogens is 4. The van der Waals surface area contributed by atoms with Gasteiger partial charge in [-0.3, -0.25) is 4.68 Å². The molecule has 6 nitrogen and oxygen atoms in total. The molecule has 0 radical (unpaired) electrons. The number of anilines is 1. The molecule has 0 aromatic carbocycles. The van der Waals surface area contributed by atoms with Crippen LogP contribution in [0.5, 0.6) is 0 Å². The van der Waals surface area contributed by atoms with Crippen molar-refractivity contribution < 1.29 is 5.11 Å². The van der Waals surface area contributed by atoms with E-state index >= 15 is 0 Å². The largest absolute Gasteiger partial charge is 0.396 e. The Morgan fingerprint density at radius 2 is 2.00 bits per heavy atom. The first kappa shape index (κ1) is 12.8. The van der Waals surface area contributed by atoms with E-state index in [0.717, 1.165) is 41.3 Å². The summed E-state index contributed by atoms with van der Waals surface area (Å²) in [6, 6.07) is 0. The van der Waals surface area contributed by atoms with Gasteiger partial charge in [0.2, 0.25) is 0 Å². The fourth-order valence-corrected chi connectivity index (χ4v) is 2.11. The molecule has 2 aromatic heterocycles. The molecule has 6 heteroatoms. The van der Waals surface area contributed by atoms with Crippen molar-refractivity contribution in [3.05, 3.63) is 11.5 Å². The van der Waals surface area contributed by atoms with Gasteiger partial charge >= 0.3 is 0 Å². The van der Waals surface area contributed by atoms with Gasteiger partial charge in [-0.05, 0) is 20.3 Å². The monoisotopic (exact) mass is 249 g/mol. The van der Waals surface area contributed by atoms with Crippen LogP contribution in [0.3, 0.4) is 0 Å². The van der Waals surface area contributed by atoms with Crippen LogP contribution >= 0.6 is 0 Å². The first-order valence-corrected chi connectivity index (χ1v) is 6.04. The zero-order chi connectivity index (χ0) is 13.3. The summed E-state index contributed by atoms with van der Waals surface area (Å²) in [5, 5.41) is 14.3. The second-order valence-corrected chi connectivity index (χ2v) is 4.50. The second kappa shape index (κ2) is 4.89. The number of aliphatic hydroxyl groups excluding tert-OH is 1. The van der Waals surface area contributed by atoms with E-state index in [0.29, 0.717) is 0 Å². The summed E-state index contributed by atoms with van der Waals surface area (Å²) in [5.41, 5.74) is 1.78. The molecule has 0 bridgehead atoms. The molecule has 98 valence electrons. The third kappa shape index (κ3) is 2.15. The molecule has 2 aromatic rings. The van der Waals surface area contributed by atoms with E-state index < -0.39 is 0 Å². The normalized spacial score (nSPS) is 11.2. The standard InChI is InChI=1S/C12H19N5O/c1-8-10-11(16(3)6-5-7-18)13-9(2)14-12(10)17(4)15-8/h18H,5-7H2,1-4H3. The lowest BCUT2D eigenvalue weighted by atomic mass is 10.2. The predicted octanol–water partition coefficient (Wildman–Crippen LogP) is 0.799. The molecule has 0 saturated heterocycles. The minimum atomic E-state index is 0.184. The molecule has 0 spiro atoms. The summed E-state index contributed by atoms with van der Waals surface area (Å²) in [7, 11) is 3.86. The molecule has 18 heavy (non-hydrogen) atoms. The van der Waals surface area contributed by atoms with Gasteiger partial charge in [0.1, 0.15) is 11.6 Å². The highest BCUT2D eigenvalue weighted by atomic mass is 16.3. The van der Waals surface area contributed by atoms with Crippen molar-refractivity contribution in [2.24, 2.45) is 7.05 Å². The lowest BCUT2D eigenvalue weighted by Gasteiger charge is -2.18. The van der Waals surface area contributed by atoms with Crippen molar-refractivity contribution in [2.45, 2.75) is 20.3 Å². The Bertz CT molecular complexity index is 563. The Hall–Kier alpha value is -1.69. The number of hydrogen-bond donors (Lipinski definition) is 1. The summed E-state index contributed by atoms with van der Waals surface area (Å²) in [5.74, 6) is 1.62. The van der Waals surface area contributed by atoms with Gasteiger partial charge in [0.25, 0.3) is 0 Å². The molecule has 0 saturated carbocycles. The Balaban J connectivity index is 2.55. The molecule has 0 unspecified atom stereocenters.